The minimum absolute atomic E-state index is 0.0833. The molecule has 1 aromatic rings. The monoisotopic (exact) mass is 349 g/mol. The highest BCUT2D eigenvalue weighted by atomic mass is 79.9. The molecule has 0 heterocycles. The SMILES string of the molecule is Cc1ccc(S(=O)(=O)N(CC(=O)O)C(C)C)cc1Br. The highest BCUT2D eigenvalue weighted by Crippen LogP contribution is 2.24. The number of aliphatic carboxylic acids is 1. The topological polar surface area (TPSA) is 74.7 Å². The number of carboxylic acids is 1. The van der Waals surface area contributed by atoms with Crippen molar-refractivity contribution in [3.05, 3.63) is 28.2 Å². The molecule has 5 nitrogen and oxygen atoms in total. The number of carbonyl (C=O) groups is 1. The summed E-state index contributed by atoms with van der Waals surface area (Å²) in [7, 11) is -3.81. The van der Waals surface area contributed by atoms with Crippen LogP contribution in [0.2, 0.25) is 0 Å². The summed E-state index contributed by atoms with van der Waals surface area (Å²) in [4.78, 5) is 10.9. The molecular weight excluding hydrogens is 334 g/mol. The van der Waals surface area contributed by atoms with E-state index in [1.807, 2.05) is 6.92 Å². The van der Waals surface area contributed by atoms with E-state index in [1.54, 1.807) is 19.9 Å². The van der Waals surface area contributed by atoms with Crippen LogP contribution in [0.4, 0.5) is 0 Å². The van der Waals surface area contributed by atoms with Gasteiger partial charge in [-0.05, 0) is 38.5 Å². The van der Waals surface area contributed by atoms with E-state index in [-0.39, 0.29) is 4.90 Å². The molecule has 0 fully saturated rings. The van der Waals surface area contributed by atoms with E-state index >= 15 is 0 Å². The summed E-state index contributed by atoms with van der Waals surface area (Å²) in [5.41, 5.74) is 0.910. The molecule has 7 heteroatoms. The van der Waals surface area contributed by atoms with E-state index < -0.39 is 28.6 Å². The van der Waals surface area contributed by atoms with Gasteiger partial charge in [0, 0.05) is 10.5 Å². The molecular formula is C12H16BrNO4S. The molecule has 1 aromatic carbocycles. The first-order chi connectivity index (χ1) is 8.66. The van der Waals surface area contributed by atoms with Gasteiger partial charge in [-0.25, -0.2) is 8.42 Å². The van der Waals surface area contributed by atoms with Crippen molar-refractivity contribution in [2.24, 2.45) is 0 Å². The van der Waals surface area contributed by atoms with Gasteiger partial charge in [0.05, 0.1) is 4.90 Å². The van der Waals surface area contributed by atoms with E-state index in [0.717, 1.165) is 9.87 Å². The van der Waals surface area contributed by atoms with Crippen molar-refractivity contribution in [1.82, 2.24) is 4.31 Å². The maximum absolute atomic E-state index is 12.4. The smallest absolute Gasteiger partial charge is 0.318 e. The number of benzene rings is 1. The number of nitrogens with zero attached hydrogens (tertiary/aromatic N) is 1. The average molecular weight is 350 g/mol. The summed E-state index contributed by atoms with van der Waals surface area (Å²) in [5.74, 6) is -1.18. The molecule has 1 rings (SSSR count). The maximum atomic E-state index is 12.4. The zero-order valence-electron chi connectivity index (χ0n) is 10.9. The molecule has 0 spiro atoms. The number of rotatable bonds is 5. The van der Waals surface area contributed by atoms with Gasteiger partial charge in [-0.3, -0.25) is 4.79 Å². The van der Waals surface area contributed by atoms with E-state index in [9.17, 15) is 13.2 Å². The first-order valence-electron chi connectivity index (χ1n) is 5.66. The molecule has 0 aliphatic heterocycles. The molecule has 0 amide bonds. The zero-order chi connectivity index (χ0) is 14.8. The van der Waals surface area contributed by atoms with Crippen LogP contribution in [0.5, 0.6) is 0 Å². The van der Waals surface area contributed by atoms with Gasteiger partial charge in [0.2, 0.25) is 10.0 Å². The lowest BCUT2D eigenvalue weighted by Crippen LogP contribution is -2.40. The molecule has 0 unspecified atom stereocenters. The Morgan fingerprint density at radius 3 is 2.42 bits per heavy atom. The third kappa shape index (κ3) is 3.77. The third-order valence-electron chi connectivity index (χ3n) is 2.62. The third-order valence-corrected chi connectivity index (χ3v) is 5.49. The van der Waals surface area contributed by atoms with Crippen LogP contribution >= 0.6 is 15.9 Å². The summed E-state index contributed by atoms with van der Waals surface area (Å²) in [6.45, 7) is 4.58. The largest absolute Gasteiger partial charge is 0.480 e. The van der Waals surface area contributed by atoms with E-state index in [2.05, 4.69) is 15.9 Å². The molecule has 0 radical (unpaired) electrons. The second-order valence-corrected chi connectivity index (χ2v) is 7.19. The fraction of sp³-hybridized carbons (Fsp3) is 0.417. The van der Waals surface area contributed by atoms with Crippen molar-refractivity contribution < 1.29 is 18.3 Å². The van der Waals surface area contributed by atoms with Crippen molar-refractivity contribution in [2.75, 3.05) is 6.54 Å². The Kier molecular flexibility index (Phi) is 5.11. The second kappa shape index (κ2) is 6.02. The maximum Gasteiger partial charge on any atom is 0.318 e. The summed E-state index contributed by atoms with van der Waals surface area (Å²) in [6, 6.07) is 4.21. The van der Waals surface area contributed by atoms with Gasteiger partial charge < -0.3 is 5.11 Å². The number of aryl methyl sites for hydroxylation is 1. The van der Waals surface area contributed by atoms with Gasteiger partial charge in [-0.1, -0.05) is 22.0 Å². The van der Waals surface area contributed by atoms with Gasteiger partial charge in [0.1, 0.15) is 6.54 Å². The van der Waals surface area contributed by atoms with E-state index in [0.29, 0.717) is 4.47 Å². The first-order valence-corrected chi connectivity index (χ1v) is 7.89. The Hall–Kier alpha value is -0.920. The zero-order valence-corrected chi connectivity index (χ0v) is 13.3. The normalized spacial score (nSPS) is 12.1. The lowest BCUT2D eigenvalue weighted by Gasteiger charge is -2.24. The molecule has 0 saturated heterocycles. The van der Waals surface area contributed by atoms with Crippen molar-refractivity contribution in [2.45, 2.75) is 31.7 Å². The van der Waals surface area contributed by atoms with Gasteiger partial charge in [-0.15, -0.1) is 0 Å². The Morgan fingerprint density at radius 1 is 1.42 bits per heavy atom. The lowest BCUT2D eigenvalue weighted by molar-refractivity contribution is -0.137. The minimum Gasteiger partial charge on any atom is -0.480 e. The second-order valence-electron chi connectivity index (χ2n) is 4.45. The fourth-order valence-electron chi connectivity index (χ4n) is 1.55. The average Bonchev–Trinajstić information content (AvgIpc) is 2.28. The quantitative estimate of drug-likeness (QED) is 0.884. The molecule has 0 atom stereocenters. The molecule has 0 aliphatic rings. The van der Waals surface area contributed by atoms with Crippen molar-refractivity contribution in [3.63, 3.8) is 0 Å². The van der Waals surface area contributed by atoms with Gasteiger partial charge >= 0.3 is 5.97 Å². The fourth-order valence-corrected chi connectivity index (χ4v) is 3.69. The summed E-state index contributed by atoms with van der Waals surface area (Å²) in [6.07, 6.45) is 0. The van der Waals surface area contributed by atoms with Gasteiger partial charge in [-0.2, -0.15) is 4.31 Å². The van der Waals surface area contributed by atoms with E-state index in [1.165, 1.54) is 12.1 Å². The number of halogens is 1. The number of carboxylic acid groups (broad SMARTS) is 1. The highest BCUT2D eigenvalue weighted by molar-refractivity contribution is 9.10. The Labute approximate surface area is 121 Å². The Morgan fingerprint density at radius 2 is 2.00 bits per heavy atom. The number of hydrogen-bond donors (Lipinski definition) is 1. The number of sulfonamides is 1. The summed E-state index contributed by atoms with van der Waals surface area (Å²) >= 11 is 3.28. The standard InChI is InChI=1S/C12H16BrNO4S/c1-8(2)14(7-12(15)16)19(17,18)10-5-4-9(3)11(13)6-10/h4-6,8H,7H2,1-3H3,(H,15,16). The predicted molar refractivity (Wildman–Crippen MR) is 75.5 cm³/mol. The first kappa shape index (κ1) is 16.1. The van der Waals surface area contributed by atoms with Crippen LogP contribution in [0, 0.1) is 6.92 Å². The van der Waals surface area contributed by atoms with Crippen LogP contribution < -0.4 is 0 Å². The summed E-state index contributed by atoms with van der Waals surface area (Å²) in [5, 5.41) is 8.83. The molecule has 0 saturated carbocycles. The lowest BCUT2D eigenvalue weighted by atomic mass is 10.2. The van der Waals surface area contributed by atoms with Crippen LogP contribution in [0.3, 0.4) is 0 Å². The summed E-state index contributed by atoms with van der Waals surface area (Å²) < 4.78 is 26.5. The van der Waals surface area contributed by atoms with Crippen molar-refractivity contribution in [1.29, 1.82) is 0 Å². The van der Waals surface area contributed by atoms with E-state index in [4.69, 9.17) is 5.11 Å². The van der Waals surface area contributed by atoms with Gasteiger partial charge in [0.15, 0.2) is 0 Å². The molecule has 0 aliphatic carbocycles. The molecule has 106 valence electrons. The van der Waals surface area contributed by atoms with Crippen LogP contribution in [0.25, 0.3) is 0 Å². The Bertz CT molecular complexity index is 583. The van der Waals surface area contributed by atoms with Crippen LogP contribution in [-0.4, -0.2) is 36.4 Å². The number of hydrogen-bond acceptors (Lipinski definition) is 3. The van der Waals surface area contributed by atoms with Gasteiger partial charge in [0.25, 0.3) is 0 Å². The molecule has 1 N–H and O–H groups in total. The van der Waals surface area contributed by atoms with Crippen molar-refractivity contribution >= 4 is 31.9 Å². The molecule has 19 heavy (non-hydrogen) atoms. The van der Waals surface area contributed by atoms with Crippen LogP contribution in [0.15, 0.2) is 27.6 Å². The van der Waals surface area contributed by atoms with Crippen LogP contribution in [0.1, 0.15) is 19.4 Å². The molecule has 0 aromatic heterocycles. The minimum atomic E-state index is -3.81. The predicted octanol–water partition coefficient (Wildman–Crippen LogP) is 2.24. The van der Waals surface area contributed by atoms with Crippen LogP contribution in [-0.2, 0) is 14.8 Å². The molecule has 0 bridgehead atoms. The Balaban J connectivity index is 3.26. The highest BCUT2D eigenvalue weighted by Gasteiger charge is 2.29. The van der Waals surface area contributed by atoms with Crippen molar-refractivity contribution in [3.8, 4) is 0 Å².